The number of amides is 1. The summed E-state index contributed by atoms with van der Waals surface area (Å²) in [6.45, 7) is 1.51. The van der Waals surface area contributed by atoms with E-state index in [0.29, 0.717) is 42.3 Å². The van der Waals surface area contributed by atoms with Crippen LogP contribution in [-0.2, 0) is 0 Å². The number of nitrogens with zero attached hydrogens (tertiary/aromatic N) is 2. The Labute approximate surface area is 174 Å². The van der Waals surface area contributed by atoms with E-state index < -0.39 is 11.0 Å². The highest BCUT2D eigenvalue weighted by atomic mass is 32.3. The van der Waals surface area contributed by atoms with Gasteiger partial charge in [0.1, 0.15) is 5.75 Å². The number of carbonyl (C=O) groups is 1. The predicted molar refractivity (Wildman–Crippen MR) is 115 cm³/mol. The topological polar surface area (TPSA) is 153 Å². The number of aromatic amines is 1. The second kappa shape index (κ2) is 8.01. The molecule has 0 spiro atoms. The lowest BCUT2D eigenvalue weighted by molar-refractivity contribution is 0.0633. The molecular weight excluding hydrogens is 410 g/mol. The fourth-order valence-corrected chi connectivity index (χ4v) is 4.58. The van der Waals surface area contributed by atoms with Gasteiger partial charge in [-0.1, -0.05) is 6.07 Å². The smallest absolute Gasteiger partial charge is 0.254 e. The molecule has 11 heteroatoms. The van der Waals surface area contributed by atoms with E-state index in [4.69, 9.17) is 10.5 Å². The van der Waals surface area contributed by atoms with Crippen LogP contribution in [0.4, 0.5) is 5.69 Å². The van der Waals surface area contributed by atoms with Gasteiger partial charge in [0.2, 0.25) is 5.56 Å². The Hall–Kier alpha value is -3.02. The van der Waals surface area contributed by atoms with Crippen molar-refractivity contribution in [3.05, 3.63) is 58.0 Å². The predicted octanol–water partition coefficient (Wildman–Crippen LogP) is 2.02. The number of benzene rings is 1. The monoisotopic (exact) mass is 433 g/mol. The largest absolute Gasteiger partial charge is 0.492 e. The highest BCUT2D eigenvalue weighted by Gasteiger charge is 2.28. The van der Waals surface area contributed by atoms with E-state index in [0.717, 1.165) is 12.8 Å². The third-order valence-electron chi connectivity index (χ3n) is 5.06. The minimum absolute atomic E-state index is 0.00546. The van der Waals surface area contributed by atoms with E-state index in [1.807, 2.05) is 0 Å². The van der Waals surface area contributed by atoms with Crippen LogP contribution in [0.15, 0.2) is 45.7 Å². The van der Waals surface area contributed by atoms with Gasteiger partial charge in [0.15, 0.2) is 5.84 Å². The summed E-state index contributed by atoms with van der Waals surface area (Å²) >= 11 is 0. The first-order chi connectivity index (χ1) is 14.3. The third-order valence-corrected chi connectivity index (χ3v) is 6.00. The second-order valence-corrected chi connectivity index (χ2v) is 8.71. The van der Waals surface area contributed by atoms with E-state index in [-0.39, 0.29) is 23.2 Å². The summed E-state index contributed by atoms with van der Waals surface area (Å²) in [5, 5.41) is 0. The highest BCUT2D eigenvalue weighted by molar-refractivity contribution is 8.24. The van der Waals surface area contributed by atoms with Gasteiger partial charge in [-0.05, 0) is 42.0 Å². The average Bonchev–Trinajstić information content (AvgIpc) is 2.70. The summed E-state index contributed by atoms with van der Waals surface area (Å²) in [7, 11) is -3.36. The van der Waals surface area contributed by atoms with Gasteiger partial charge in [0.05, 0.1) is 17.9 Å². The zero-order chi connectivity index (χ0) is 21.3. The van der Waals surface area contributed by atoms with Crippen molar-refractivity contribution in [3.63, 3.8) is 0 Å². The molecule has 30 heavy (non-hydrogen) atoms. The number of anilines is 1. The summed E-state index contributed by atoms with van der Waals surface area (Å²) < 4.78 is 31.8. The highest BCUT2D eigenvalue weighted by Crippen LogP contribution is 2.46. The van der Waals surface area contributed by atoms with E-state index in [9.17, 15) is 18.7 Å². The first-order valence-electron chi connectivity index (χ1n) is 9.48. The number of amidine groups is 1. The van der Waals surface area contributed by atoms with Crippen molar-refractivity contribution in [2.24, 2.45) is 16.0 Å². The fraction of sp³-hybridized carbons (Fsp3) is 0.316. The van der Waals surface area contributed by atoms with Crippen LogP contribution < -0.4 is 20.8 Å². The van der Waals surface area contributed by atoms with Crippen molar-refractivity contribution in [3.8, 4) is 5.75 Å². The van der Waals surface area contributed by atoms with Gasteiger partial charge in [-0.15, -0.1) is 4.40 Å². The van der Waals surface area contributed by atoms with Crippen LogP contribution in [0.25, 0.3) is 0 Å². The van der Waals surface area contributed by atoms with Gasteiger partial charge >= 0.3 is 0 Å². The number of pyridine rings is 1. The Balaban J connectivity index is 1.44. The lowest BCUT2D eigenvalue weighted by atomic mass is 9.98. The van der Waals surface area contributed by atoms with Gasteiger partial charge in [0, 0.05) is 36.8 Å². The molecule has 0 bridgehead atoms. The second-order valence-electron chi connectivity index (χ2n) is 7.29. The number of hydrogen-bond acceptors (Lipinski definition) is 8. The lowest BCUT2D eigenvalue weighted by Gasteiger charge is -2.34. The summed E-state index contributed by atoms with van der Waals surface area (Å²) in [6, 6.07) is 8.03. The number of fused-ring (bicyclic) bond motifs is 1. The fourth-order valence-electron chi connectivity index (χ4n) is 3.71. The molecule has 3 heterocycles. The Bertz CT molecular complexity index is 1050. The van der Waals surface area contributed by atoms with Gasteiger partial charge in [-0.25, -0.2) is 0 Å². The molecule has 6 N–H and O–H groups in total. The van der Waals surface area contributed by atoms with Gasteiger partial charge < -0.3 is 20.4 Å². The van der Waals surface area contributed by atoms with Crippen LogP contribution in [0.2, 0.25) is 0 Å². The van der Waals surface area contributed by atoms with Crippen molar-refractivity contribution < 1.29 is 18.6 Å². The number of rotatable bonds is 4. The molecule has 1 saturated heterocycles. The molecule has 1 atom stereocenters. The SMILES string of the molecule is NC1=NS(O)(O)Nc2cccc(OC[C@H]3CCCN(C(=O)c4cc[nH]c(=O)c4)C3)c21. The number of hydrogen-bond donors (Lipinski definition) is 5. The van der Waals surface area contributed by atoms with E-state index >= 15 is 0 Å². The molecule has 2 aliphatic heterocycles. The van der Waals surface area contributed by atoms with Crippen LogP contribution in [0, 0.1) is 5.92 Å². The number of carbonyl (C=O) groups excluding carboxylic acids is 1. The molecule has 1 aromatic heterocycles. The maximum atomic E-state index is 12.7. The Morgan fingerprint density at radius 1 is 1.37 bits per heavy atom. The molecule has 2 aromatic rings. The quantitative estimate of drug-likeness (QED) is 0.494. The van der Waals surface area contributed by atoms with Crippen LogP contribution in [0.5, 0.6) is 5.75 Å². The number of ether oxygens (including phenoxy) is 1. The van der Waals surface area contributed by atoms with Crippen molar-refractivity contribution in [1.82, 2.24) is 9.88 Å². The third kappa shape index (κ3) is 4.27. The number of nitrogens with one attached hydrogen (secondary N) is 2. The standard InChI is InChI=1S/C19H23N5O5S/c20-18-17-14(22-30(27,28)23-18)4-1-5-15(17)29-11-12-3-2-8-24(10-12)19(26)13-6-7-21-16(25)9-13/h1,4-7,9,12,22,27-28H,2-3,8,10-11H2,(H2,20,23)(H,21,25)/t12-/m0/s1. The summed E-state index contributed by atoms with van der Waals surface area (Å²) in [4.78, 5) is 28.4. The van der Waals surface area contributed by atoms with Crippen LogP contribution in [0.3, 0.4) is 0 Å². The molecule has 1 amide bonds. The number of piperidine rings is 1. The molecule has 0 unspecified atom stereocenters. The van der Waals surface area contributed by atoms with Gasteiger partial charge in [-0.2, -0.15) is 0 Å². The van der Waals surface area contributed by atoms with Crippen LogP contribution >= 0.6 is 11.0 Å². The Morgan fingerprint density at radius 3 is 3.00 bits per heavy atom. The molecule has 1 aromatic carbocycles. The number of aromatic nitrogens is 1. The number of likely N-dealkylation sites (tertiary alicyclic amines) is 1. The molecule has 4 rings (SSSR count). The maximum Gasteiger partial charge on any atom is 0.254 e. The van der Waals surface area contributed by atoms with Crippen molar-refractivity contribution in [1.29, 1.82) is 0 Å². The zero-order valence-corrected chi connectivity index (χ0v) is 16.9. The van der Waals surface area contributed by atoms with Crippen molar-refractivity contribution in [2.45, 2.75) is 12.8 Å². The molecule has 0 saturated carbocycles. The summed E-state index contributed by atoms with van der Waals surface area (Å²) in [6.07, 6.45) is 3.20. The van der Waals surface area contributed by atoms with Gasteiger partial charge in [-0.3, -0.25) is 23.4 Å². The average molecular weight is 433 g/mol. The number of H-pyrrole nitrogens is 1. The Morgan fingerprint density at radius 2 is 2.20 bits per heavy atom. The maximum absolute atomic E-state index is 12.7. The number of nitrogens with two attached hydrogens (primary N) is 1. The Kier molecular flexibility index (Phi) is 5.41. The van der Waals surface area contributed by atoms with Gasteiger partial charge in [0.25, 0.3) is 5.91 Å². The van der Waals surface area contributed by atoms with E-state index in [1.165, 1.54) is 12.3 Å². The summed E-state index contributed by atoms with van der Waals surface area (Å²) in [5.41, 5.74) is 6.90. The van der Waals surface area contributed by atoms with Crippen LogP contribution in [0.1, 0.15) is 28.8 Å². The zero-order valence-electron chi connectivity index (χ0n) is 16.1. The molecule has 160 valence electrons. The van der Waals surface area contributed by atoms with E-state index in [1.54, 1.807) is 29.2 Å². The molecule has 0 radical (unpaired) electrons. The van der Waals surface area contributed by atoms with Crippen LogP contribution in [-0.4, -0.2) is 50.4 Å². The molecular formula is C19H23N5O5S. The molecule has 0 aliphatic carbocycles. The van der Waals surface area contributed by atoms with E-state index in [2.05, 4.69) is 14.1 Å². The molecule has 2 aliphatic rings. The minimum atomic E-state index is -3.36. The molecule has 1 fully saturated rings. The lowest BCUT2D eigenvalue weighted by Crippen LogP contribution is -2.41. The van der Waals surface area contributed by atoms with Crippen molar-refractivity contribution >= 4 is 28.4 Å². The van der Waals surface area contributed by atoms with Crippen molar-refractivity contribution in [2.75, 3.05) is 24.4 Å². The first kappa shape index (κ1) is 20.3. The molecule has 10 nitrogen and oxygen atoms in total. The summed E-state index contributed by atoms with van der Waals surface area (Å²) in [5.74, 6) is 0.410. The normalized spacial score (nSPS) is 21.1. The minimum Gasteiger partial charge on any atom is -0.492 e. The first-order valence-corrected chi connectivity index (χ1v) is 11.0.